The van der Waals surface area contributed by atoms with E-state index in [4.69, 9.17) is 0 Å². The second-order valence-corrected chi connectivity index (χ2v) is 17.4. The van der Waals surface area contributed by atoms with E-state index in [-0.39, 0.29) is 12.8 Å². The van der Waals surface area contributed by atoms with Crippen LogP contribution in [-0.4, -0.2) is 17.8 Å². The third-order valence-corrected chi connectivity index (χ3v) is 8.48. The summed E-state index contributed by atoms with van der Waals surface area (Å²) in [5, 5.41) is 0. The standard InChI is InChI=1S/C11H22F2.2C11H20F2.C11H24/c3*1-9(2)7-5-6-8-11(12,13)10(3)4;1-10(2)8-6-5-7-9-11(3)4/h9-10H,5-8H2,1-4H3;6,8-10H,5,7H2,1-4H3;5-6,9-10H,7-8H2,1-4H3;10-11H,5-9H2,1-4H3/b;8-6+;6-5+;. The fourth-order valence-corrected chi connectivity index (χ4v) is 4.19. The lowest BCUT2D eigenvalue weighted by Gasteiger charge is -2.20. The number of unbranched alkanes of at least 4 members (excludes halogenated alkanes) is 3. The first-order valence-electron chi connectivity index (χ1n) is 20.2. The van der Waals surface area contributed by atoms with Crippen molar-refractivity contribution in [2.45, 2.75) is 212 Å². The molecular weight excluding hydrogens is 642 g/mol. The molecule has 0 saturated heterocycles. The summed E-state index contributed by atoms with van der Waals surface area (Å²) in [7, 11) is 0. The van der Waals surface area contributed by atoms with Gasteiger partial charge in [-0.2, -0.15) is 0 Å². The van der Waals surface area contributed by atoms with Gasteiger partial charge in [-0.25, -0.2) is 26.3 Å². The van der Waals surface area contributed by atoms with Gasteiger partial charge in [0.15, 0.2) is 0 Å². The molecule has 0 aliphatic rings. The van der Waals surface area contributed by atoms with Crippen LogP contribution in [0.4, 0.5) is 26.3 Å². The summed E-state index contributed by atoms with van der Waals surface area (Å²) in [6, 6.07) is 0. The molecule has 0 aromatic heterocycles. The van der Waals surface area contributed by atoms with Crippen LogP contribution >= 0.6 is 0 Å². The quantitative estimate of drug-likeness (QED) is 0.0591. The van der Waals surface area contributed by atoms with Crippen molar-refractivity contribution in [3.05, 3.63) is 24.3 Å². The third-order valence-electron chi connectivity index (χ3n) is 8.48. The van der Waals surface area contributed by atoms with Crippen molar-refractivity contribution in [2.75, 3.05) is 0 Å². The Bertz CT molecular complexity index is 763. The lowest BCUT2D eigenvalue weighted by Crippen LogP contribution is -2.23. The van der Waals surface area contributed by atoms with Crippen molar-refractivity contribution in [3.63, 3.8) is 0 Å². The molecule has 0 aliphatic heterocycles. The number of allylic oxidation sites excluding steroid dienone is 4. The summed E-state index contributed by atoms with van der Waals surface area (Å²) in [6.07, 6.45) is 18.4. The fraction of sp³-hybridized carbons (Fsp3) is 0.909. The lowest BCUT2D eigenvalue weighted by atomic mass is 9.98. The monoisotopic (exact) mass is 729 g/mol. The molecule has 6 heteroatoms. The first-order valence-corrected chi connectivity index (χ1v) is 20.2. The maximum absolute atomic E-state index is 13.1. The van der Waals surface area contributed by atoms with Crippen LogP contribution in [0.15, 0.2) is 24.3 Å². The predicted molar refractivity (Wildman–Crippen MR) is 212 cm³/mol. The van der Waals surface area contributed by atoms with Gasteiger partial charge in [0.05, 0.1) is 0 Å². The highest BCUT2D eigenvalue weighted by Crippen LogP contribution is 2.30. The third kappa shape index (κ3) is 41.5. The molecule has 0 fully saturated rings. The maximum Gasteiger partial charge on any atom is 0.268 e. The van der Waals surface area contributed by atoms with Gasteiger partial charge in [0.1, 0.15) is 0 Å². The topological polar surface area (TPSA) is 0 Å². The molecule has 0 heterocycles. The fourth-order valence-electron chi connectivity index (χ4n) is 4.19. The second-order valence-electron chi connectivity index (χ2n) is 17.4. The average molecular weight is 729 g/mol. The minimum absolute atomic E-state index is 0.0530. The number of alkyl halides is 6. The van der Waals surface area contributed by atoms with Gasteiger partial charge >= 0.3 is 0 Å². The largest absolute Gasteiger partial charge is 0.268 e. The van der Waals surface area contributed by atoms with Crippen LogP contribution < -0.4 is 0 Å². The molecule has 0 saturated carbocycles. The van der Waals surface area contributed by atoms with Crippen molar-refractivity contribution in [2.24, 2.45) is 47.3 Å². The maximum atomic E-state index is 13.1. The van der Waals surface area contributed by atoms with Gasteiger partial charge in [-0.1, -0.05) is 174 Å². The van der Waals surface area contributed by atoms with E-state index >= 15 is 0 Å². The van der Waals surface area contributed by atoms with Crippen molar-refractivity contribution in [1.82, 2.24) is 0 Å². The normalized spacial score (nSPS) is 12.9. The minimum Gasteiger partial charge on any atom is -0.207 e. The highest BCUT2D eigenvalue weighted by Gasteiger charge is 2.32. The molecule has 0 atom stereocenters. The van der Waals surface area contributed by atoms with E-state index in [1.54, 1.807) is 39.8 Å². The zero-order valence-electron chi connectivity index (χ0n) is 35.9. The van der Waals surface area contributed by atoms with Gasteiger partial charge in [-0.15, -0.1) is 0 Å². The SMILES string of the molecule is CC(C)C/C=C/CC(F)(F)C(C)C.CC(C)CC/C=C/C(F)(F)C(C)C.CC(C)CCCCC(F)(F)C(C)C.CC(C)CCCCCC(C)C. The Morgan fingerprint density at radius 1 is 0.400 bits per heavy atom. The molecule has 50 heavy (non-hydrogen) atoms. The van der Waals surface area contributed by atoms with Gasteiger partial charge in [0, 0.05) is 30.6 Å². The number of hydrogen-bond acceptors (Lipinski definition) is 0. The van der Waals surface area contributed by atoms with Crippen LogP contribution in [0.2, 0.25) is 0 Å². The molecular formula is C44H86F6. The Morgan fingerprint density at radius 3 is 1.14 bits per heavy atom. The molecule has 0 bridgehead atoms. The summed E-state index contributed by atoms with van der Waals surface area (Å²) < 4.78 is 78.1. The van der Waals surface area contributed by atoms with Gasteiger partial charge in [0.2, 0.25) is 5.92 Å². The predicted octanol–water partition coefficient (Wildman–Crippen LogP) is 17.3. The number of halogens is 6. The average Bonchev–Trinajstić information content (AvgIpc) is 2.96. The van der Waals surface area contributed by atoms with Crippen molar-refractivity contribution >= 4 is 0 Å². The first-order chi connectivity index (χ1) is 22.7. The molecule has 0 nitrogen and oxygen atoms in total. The Morgan fingerprint density at radius 2 is 0.800 bits per heavy atom. The van der Waals surface area contributed by atoms with E-state index in [1.807, 2.05) is 6.08 Å². The van der Waals surface area contributed by atoms with Crippen LogP contribution in [0.1, 0.15) is 194 Å². The second kappa shape index (κ2) is 31.6. The van der Waals surface area contributed by atoms with Gasteiger partial charge < -0.3 is 0 Å². The molecule has 0 N–H and O–H groups in total. The minimum atomic E-state index is -2.64. The van der Waals surface area contributed by atoms with Gasteiger partial charge in [-0.3, -0.25) is 0 Å². The number of rotatable bonds is 22. The molecule has 0 amide bonds. The van der Waals surface area contributed by atoms with E-state index in [2.05, 4.69) is 69.2 Å². The highest BCUT2D eigenvalue weighted by molar-refractivity contribution is 4.96. The van der Waals surface area contributed by atoms with Crippen LogP contribution in [-0.2, 0) is 0 Å². The molecule has 0 radical (unpaired) electrons. The van der Waals surface area contributed by atoms with Gasteiger partial charge in [0.25, 0.3) is 11.8 Å². The Balaban J connectivity index is -0.000000283. The van der Waals surface area contributed by atoms with Gasteiger partial charge in [-0.05, 0) is 61.3 Å². The van der Waals surface area contributed by atoms with E-state index in [0.717, 1.165) is 50.0 Å². The Hall–Kier alpha value is -0.940. The van der Waals surface area contributed by atoms with E-state index in [9.17, 15) is 26.3 Å². The number of hydrogen-bond donors (Lipinski definition) is 0. The lowest BCUT2D eigenvalue weighted by molar-refractivity contribution is -0.0542. The summed E-state index contributed by atoms with van der Waals surface area (Å²) in [5.41, 5.74) is 0. The van der Waals surface area contributed by atoms with Crippen LogP contribution in [0.25, 0.3) is 0 Å². The Labute approximate surface area is 309 Å². The summed E-state index contributed by atoms with van der Waals surface area (Å²) in [5.74, 6) is -5.80. The summed E-state index contributed by atoms with van der Waals surface area (Å²) in [4.78, 5) is 0. The van der Waals surface area contributed by atoms with E-state index in [0.29, 0.717) is 24.2 Å². The van der Waals surface area contributed by atoms with E-state index < -0.39 is 35.5 Å². The van der Waals surface area contributed by atoms with E-state index in [1.165, 1.54) is 46.0 Å². The summed E-state index contributed by atoms with van der Waals surface area (Å²) >= 11 is 0. The molecule has 0 spiro atoms. The summed E-state index contributed by atoms with van der Waals surface area (Å²) in [6.45, 7) is 31.2. The van der Waals surface area contributed by atoms with Crippen molar-refractivity contribution < 1.29 is 26.3 Å². The zero-order chi connectivity index (χ0) is 40.1. The molecule has 304 valence electrons. The molecule has 0 aliphatic carbocycles. The highest BCUT2D eigenvalue weighted by atomic mass is 19.3. The van der Waals surface area contributed by atoms with Crippen molar-refractivity contribution in [1.29, 1.82) is 0 Å². The molecule has 0 aromatic carbocycles. The Kier molecular flexibility index (Phi) is 35.2. The van der Waals surface area contributed by atoms with Crippen LogP contribution in [0.5, 0.6) is 0 Å². The molecule has 0 rings (SSSR count). The van der Waals surface area contributed by atoms with Crippen LogP contribution in [0.3, 0.4) is 0 Å². The molecule has 0 unspecified atom stereocenters. The zero-order valence-corrected chi connectivity index (χ0v) is 35.9. The van der Waals surface area contributed by atoms with Crippen molar-refractivity contribution in [3.8, 4) is 0 Å². The molecule has 0 aromatic rings. The first kappa shape index (κ1) is 55.8. The smallest absolute Gasteiger partial charge is 0.207 e. The van der Waals surface area contributed by atoms with Crippen LogP contribution in [0, 0.1) is 47.3 Å².